The van der Waals surface area contributed by atoms with E-state index in [4.69, 9.17) is 10.2 Å². The fourth-order valence-corrected chi connectivity index (χ4v) is 1.16. The molecule has 0 aliphatic carbocycles. The first kappa shape index (κ1) is 8.90. The van der Waals surface area contributed by atoms with Gasteiger partial charge in [-0.2, -0.15) is 0 Å². The Hall–Kier alpha value is -1.68. The summed E-state index contributed by atoms with van der Waals surface area (Å²) < 4.78 is 5.17. The lowest BCUT2D eigenvalue weighted by molar-refractivity contribution is 0.482. The Kier molecular flexibility index (Phi) is 2.28. The van der Waals surface area contributed by atoms with E-state index in [1.165, 1.54) is 0 Å². The van der Waals surface area contributed by atoms with Crippen molar-refractivity contribution in [3.63, 3.8) is 0 Å². The first-order valence-corrected chi connectivity index (χ1v) is 4.35. The van der Waals surface area contributed by atoms with E-state index in [2.05, 4.69) is 9.97 Å². The highest BCUT2D eigenvalue weighted by Crippen LogP contribution is 2.15. The molecule has 14 heavy (non-hydrogen) atoms. The monoisotopic (exact) mass is 189 g/mol. The fourth-order valence-electron chi connectivity index (χ4n) is 1.16. The second-order valence-electron chi connectivity index (χ2n) is 3.11. The Bertz CT molecular complexity index is 394. The maximum atomic E-state index is 5.89. The van der Waals surface area contributed by atoms with Crippen LogP contribution in [0.3, 0.4) is 0 Å². The summed E-state index contributed by atoms with van der Waals surface area (Å²) in [6.45, 7) is 1.93. The smallest absolute Gasteiger partial charge is 0.152 e. The number of aryl methyl sites for hydroxylation is 1. The molecule has 0 bridgehead atoms. The summed E-state index contributed by atoms with van der Waals surface area (Å²) in [4.78, 5) is 8.28. The number of hydrogen-bond acceptors (Lipinski definition) is 4. The maximum Gasteiger partial charge on any atom is 0.152 e. The van der Waals surface area contributed by atoms with Crippen molar-refractivity contribution in [3.05, 3.63) is 47.9 Å². The zero-order chi connectivity index (χ0) is 9.97. The third kappa shape index (κ3) is 1.65. The van der Waals surface area contributed by atoms with Crippen molar-refractivity contribution in [2.75, 3.05) is 0 Å². The molecule has 4 nitrogen and oxygen atoms in total. The van der Waals surface area contributed by atoms with Crippen LogP contribution in [0.5, 0.6) is 0 Å². The van der Waals surface area contributed by atoms with Crippen molar-refractivity contribution in [2.24, 2.45) is 5.73 Å². The zero-order valence-electron chi connectivity index (χ0n) is 7.84. The van der Waals surface area contributed by atoms with E-state index in [-0.39, 0.29) is 6.04 Å². The van der Waals surface area contributed by atoms with Gasteiger partial charge in [-0.1, -0.05) is 0 Å². The van der Waals surface area contributed by atoms with Crippen LogP contribution < -0.4 is 5.73 Å². The second kappa shape index (κ2) is 3.59. The molecule has 2 heterocycles. The van der Waals surface area contributed by atoms with Gasteiger partial charge >= 0.3 is 0 Å². The Morgan fingerprint density at radius 2 is 2.07 bits per heavy atom. The van der Waals surface area contributed by atoms with Crippen molar-refractivity contribution in [1.29, 1.82) is 0 Å². The molecule has 2 rings (SSSR count). The second-order valence-corrected chi connectivity index (χ2v) is 3.11. The van der Waals surface area contributed by atoms with Crippen molar-refractivity contribution in [3.8, 4) is 0 Å². The van der Waals surface area contributed by atoms with Crippen LogP contribution in [-0.4, -0.2) is 9.97 Å². The van der Waals surface area contributed by atoms with E-state index < -0.39 is 0 Å². The molecule has 1 atom stereocenters. The molecule has 0 fully saturated rings. The highest BCUT2D eigenvalue weighted by atomic mass is 16.3. The molecule has 0 aliphatic rings. The van der Waals surface area contributed by atoms with Gasteiger partial charge in [-0.25, -0.2) is 9.97 Å². The topological polar surface area (TPSA) is 64.9 Å². The lowest BCUT2D eigenvalue weighted by atomic mass is 10.2. The number of nitrogens with zero attached hydrogens (tertiary/aromatic N) is 2. The van der Waals surface area contributed by atoms with Crippen LogP contribution in [-0.2, 0) is 0 Å². The van der Waals surface area contributed by atoms with E-state index in [1.807, 2.05) is 13.0 Å². The molecule has 2 aromatic rings. The van der Waals surface area contributed by atoms with Gasteiger partial charge in [0, 0.05) is 12.4 Å². The van der Waals surface area contributed by atoms with Crippen molar-refractivity contribution < 1.29 is 4.42 Å². The summed E-state index contributed by atoms with van der Waals surface area (Å²) in [7, 11) is 0. The molecule has 0 aromatic carbocycles. The molecular formula is C10H11N3O. The molecule has 0 saturated carbocycles. The van der Waals surface area contributed by atoms with Crippen molar-refractivity contribution >= 4 is 0 Å². The van der Waals surface area contributed by atoms with Gasteiger partial charge in [0.2, 0.25) is 0 Å². The van der Waals surface area contributed by atoms with Crippen LogP contribution in [0.1, 0.15) is 23.2 Å². The number of furan rings is 1. The Balaban J connectivity index is 2.28. The van der Waals surface area contributed by atoms with Gasteiger partial charge < -0.3 is 10.2 Å². The van der Waals surface area contributed by atoms with Crippen LogP contribution >= 0.6 is 0 Å². The van der Waals surface area contributed by atoms with E-state index in [1.54, 1.807) is 24.7 Å². The summed E-state index contributed by atoms with van der Waals surface area (Å²) in [5.41, 5.74) is 6.91. The lowest BCUT2D eigenvalue weighted by Gasteiger charge is -2.06. The van der Waals surface area contributed by atoms with Crippen LogP contribution in [0, 0.1) is 6.92 Å². The first-order valence-electron chi connectivity index (χ1n) is 4.35. The quantitative estimate of drug-likeness (QED) is 0.776. The largest absolute Gasteiger partial charge is 0.467 e. The molecule has 0 aliphatic heterocycles. The minimum absolute atomic E-state index is 0.384. The van der Waals surface area contributed by atoms with E-state index in [9.17, 15) is 0 Å². The van der Waals surface area contributed by atoms with Gasteiger partial charge in [-0.15, -0.1) is 0 Å². The van der Waals surface area contributed by atoms with Gasteiger partial charge in [-0.3, -0.25) is 0 Å². The van der Waals surface area contributed by atoms with Crippen molar-refractivity contribution in [1.82, 2.24) is 9.97 Å². The van der Waals surface area contributed by atoms with Gasteiger partial charge in [0.15, 0.2) is 5.82 Å². The zero-order valence-corrected chi connectivity index (χ0v) is 7.84. The Morgan fingerprint density at radius 1 is 1.36 bits per heavy atom. The Morgan fingerprint density at radius 3 is 2.64 bits per heavy atom. The first-order chi connectivity index (χ1) is 6.77. The van der Waals surface area contributed by atoms with Crippen LogP contribution in [0.15, 0.2) is 35.2 Å². The minimum atomic E-state index is -0.384. The van der Waals surface area contributed by atoms with Crippen LogP contribution in [0.2, 0.25) is 0 Å². The molecule has 2 N–H and O–H groups in total. The predicted molar refractivity (Wildman–Crippen MR) is 51.5 cm³/mol. The lowest BCUT2D eigenvalue weighted by Crippen LogP contribution is -2.14. The molecule has 0 radical (unpaired) electrons. The number of hydrogen-bond donors (Lipinski definition) is 1. The molecule has 0 spiro atoms. The number of aromatic nitrogens is 2. The average molecular weight is 189 g/mol. The standard InChI is InChI=1S/C10H11N3O/c1-7-5-12-10(13-6-7)9(11)8-3-2-4-14-8/h2-6,9H,11H2,1H3. The normalized spacial score (nSPS) is 12.7. The third-order valence-corrected chi connectivity index (χ3v) is 1.93. The molecule has 72 valence electrons. The third-order valence-electron chi connectivity index (χ3n) is 1.93. The SMILES string of the molecule is Cc1cnc(C(N)c2ccco2)nc1. The predicted octanol–water partition coefficient (Wildman–Crippen LogP) is 1.43. The molecule has 2 aromatic heterocycles. The number of nitrogens with two attached hydrogens (primary N) is 1. The summed E-state index contributed by atoms with van der Waals surface area (Å²) >= 11 is 0. The summed E-state index contributed by atoms with van der Waals surface area (Å²) in [5.74, 6) is 1.25. The van der Waals surface area contributed by atoms with Gasteiger partial charge in [0.05, 0.1) is 6.26 Å². The van der Waals surface area contributed by atoms with Gasteiger partial charge in [0.1, 0.15) is 11.8 Å². The maximum absolute atomic E-state index is 5.89. The van der Waals surface area contributed by atoms with Gasteiger partial charge in [-0.05, 0) is 24.6 Å². The van der Waals surface area contributed by atoms with Crippen LogP contribution in [0.25, 0.3) is 0 Å². The van der Waals surface area contributed by atoms with Gasteiger partial charge in [0.25, 0.3) is 0 Å². The molecule has 4 heteroatoms. The summed E-state index contributed by atoms with van der Waals surface area (Å²) in [6, 6.07) is 3.22. The molecule has 0 amide bonds. The summed E-state index contributed by atoms with van der Waals surface area (Å²) in [5, 5.41) is 0. The minimum Gasteiger partial charge on any atom is -0.467 e. The van der Waals surface area contributed by atoms with Crippen LogP contribution in [0.4, 0.5) is 0 Å². The fraction of sp³-hybridized carbons (Fsp3) is 0.200. The number of rotatable bonds is 2. The average Bonchev–Trinajstić information content (AvgIpc) is 2.71. The highest BCUT2D eigenvalue weighted by Gasteiger charge is 2.13. The molecular weight excluding hydrogens is 178 g/mol. The van der Waals surface area contributed by atoms with Crippen molar-refractivity contribution in [2.45, 2.75) is 13.0 Å². The molecule has 0 saturated heterocycles. The Labute approximate surface area is 81.8 Å². The van der Waals surface area contributed by atoms with E-state index >= 15 is 0 Å². The molecule has 1 unspecified atom stereocenters. The van der Waals surface area contributed by atoms with E-state index in [0.29, 0.717) is 11.6 Å². The highest BCUT2D eigenvalue weighted by molar-refractivity contribution is 5.14. The summed E-state index contributed by atoms with van der Waals surface area (Å²) in [6.07, 6.45) is 5.07. The van der Waals surface area contributed by atoms with E-state index in [0.717, 1.165) is 5.56 Å².